The molecule has 2 N–H and O–H groups in total. The lowest BCUT2D eigenvalue weighted by molar-refractivity contribution is -0.153. The van der Waals surface area contributed by atoms with Crippen molar-refractivity contribution in [1.82, 2.24) is 19.9 Å². The second kappa shape index (κ2) is 10.6. The number of pyridine rings is 1. The van der Waals surface area contributed by atoms with E-state index in [0.717, 1.165) is 5.52 Å². The molecule has 0 unspecified atom stereocenters. The summed E-state index contributed by atoms with van der Waals surface area (Å²) in [5.41, 5.74) is 2.60. The first-order chi connectivity index (χ1) is 19.1. The zero-order valence-corrected chi connectivity index (χ0v) is 21.7. The topological polar surface area (TPSA) is 103 Å². The number of nitrogens with zero attached hydrogens (tertiary/aromatic N) is 3. The molecule has 0 bridgehead atoms. The Labute approximate surface area is 229 Å². The van der Waals surface area contributed by atoms with Gasteiger partial charge in [0, 0.05) is 41.0 Å². The van der Waals surface area contributed by atoms with Crippen LogP contribution in [0.5, 0.6) is 17.2 Å². The number of rotatable bonds is 8. The smallest absolute Gasteiger partial charge is 0.422 e. The van der Waals surface area contributed by atoms with Crippen molar-refractivity contribution in [2.24, 2.45) is 7.05 Å². The zero-order chi connectivity index (χ0) is 28.4. The van der Waals surface area contributed by atoms with Gasteiger partial charge in [-0.05, 0) is 55.5 Å². The number of ether oxygens (including phenoxy) is 2. The van der Waals surface area contributed by atoms with Crippen LogP contribution in [0.4, 0.5) is 24.8 Å². The van der Waals surface area contributed by atoms with Crippen molar-refractivity contribution in [3.8, 4) is 28.6 Å². The summed E-state index contributed by atoms with van der Waals surface area (Å²) in [6.45, 7) is 0.322. The summed E-state index contributed by atoms with van der Waals surface area (Å²) in [6.07, 6.45) is -2.99. The lowest BCUT2D eigenvalue weighted by Gasteiger charge is -2.14. The third-order valence-corrected chi connectivity index (χ3v) is 5.91. The monoisotopic (exact) mass is 555 g/mol. The third kappa shape index (κ3) is 5.85. The van der Waals surface area contributed by atoms with E-state index >= 15 is 0 Å². The molecule has 5 aromatic rings. The minimum Gasteiger partial charge on any atom is -0.483 e. The van der Waals surface area contributed by atoms with Gasteiger partial charge in [-0.3, -0.25) is 9.78 Å². The fourth-order valence-corrected chi connectivity index (χ4v) is 4.01. The van der Waals surface area contributed by atoms with Gasteiger partial charge in [0.05, 0.1) is 16.6 Å². The molecule has 1 amide bonds. The Kier molecular flexibility index (Phi) is 7.07. The van der Waals surface area contributed by atoms with Crippen molar-refractivity contribution in [3.05, 3.63) is 78.3 Å². The first-order valence-electron chi connectivity index (χ1n) is 12.1. The number of aryl methyl sites for hydroxylation is 2. The van der Waals surface area contributed by atoms with E-state index < -0.39 is 12.8 Å². The van der Waals surface area contributed by atoms with Crippen LogP contribution >= 0.6 is 0 Å². The van der Waals surface area contributed by atoms with E-state index in [1.165, 1.54) is 25.4 Å². The maximum Gasteiger partial charge on any atom is 0.422 e. The van der Waals surface area contributed by atoms with Crippen LogP contribution in [-0.2, 0) is 7.05 Å². The van der Waals surface area contributed by atoms with Gasteiger partial charge in [0.15, 0.2) is 6.61 Å². The highest BCUT2D eigenvalue weighted by molar-refractivity contribution is 5.92. The molecular weight excluding hydrogens is 527 g/mol. The van der Waals surface area contributed by atoms with Crippen molar-refractivity contribution in [2.45, 2.75) is 13.1 Å². The number of hydrogen-bond donors (Lipinski definition) is 2. The molecule has 9 nitrogen and oxygen atoms in total. The van der Waals surface area contributed by atoms with E-state index in [2.05, 4.69) is 20.6 Å². The SMILES string of the molecule is CNC(=O)c1cc(Oc2ccc3c(c2)nc(Nc2ccc(OCC(F)(F)F)c(-c4ccc(C)o4)c2)n3C)ccn1.[HH].[HH]. The summed E-state index contributed by atoms with van der Waals surface area (Å²) < 4.78 is 56.9. The van der Waals surface area contributed by atoms with E-state index in [0.29, 0.717) is 45.7 Å². The number of anilines is 2. The van der Waals surface area contributed by atoms with Gasteiger partial charge in [0.2, 0.25) is 5.95 Å². The standard InChI is InChI=1S/C28H24F3N5O4.2H2/c1-16-4-8-25(39-16)20-12-17(5-9-24(20)38-15-28(29,30)31)34-27-35-21-13-18(6-7-23(21)36(27)3)40-19-10-11-33-22(14-19)26(37)32-2;;/h4-14H,15H2,1-3H3,(H,32,37)(H,34,35);2*1H. The molecule has 0 atom stereocenters. The highest BCUT2D eigenvalue weighted by Gasteiger charge is 2.29. The number of furan rings is 1. The molecule has 210 valence electrons. The molecule has 12 heteroatoms. The summed E-state index contributed by atoms with van der Waals surface area (Å²) in [5, 5.41) is 5.73. The summed E-state index contributed by atoms with van der Waals surface area (Å²) in [7, 11) is 3.35. The largest absolute Gasteiger partial charge is 0.483 e. The lowest BCUT2D eigenvalue weighted by Crippen LogP contribution is -2.19. The van der Waals surface area contributed by atoms with Gasteiger partial charge < -0.3 is 29.1 Å². The molecular formula is C28H28F3N5O4. The van der Waals surface area contributed by atoms with Gasteiger partial charge in [-0.15, -0.1) is 0 Å². The minimum absolute atomic E-state index is 0. The number of imidazole rings is 1. The number of aromatic nitrogens is 3. The Hall–Kier alpha value is -5.00. The second-order valence-electron chi connectivity index (χ2n) is 8.85. The number of nitrogens with one attached hydrogen (secondary N) is 2. The molecule has 0 saturated carbocycles. The van der Waals surface area contributed by atoms with Crippen LogP contribution in [0.15, 0.2) is 71.3 Å². The number of amides is 1. The fourth-order valence-electron chi connectivity index (χ4n) is 4.01. The summed E-state index contributed by atoms with van der Waals surface area (Å²) >= 11 is 0. The summed E-state index contributed by atoms with van der Waals surface area (Å²) in [6, 6.07) is 16.6. The van der Waals surface area contributed by atoms with Gasteiger partial charge in [0.1, 0.15) is 34.5 Å². The molecule has 0 aliphatic rings. The predicted octanol–water partition coefficient (Wildman–Crippen LogP) is 6.87. The van der Waals surface area contributed by atoms with Crippen LogP contribution in [0, 0.1) is 6.92 Å². The van der Waals surface area contributed by atoms with Crippen LogP contribution in [0.25, 0.3) is 22.4 Å². The molecule has 2 aromatic carbocycles. The van der Waals surface area contributed by atoms with Crippen LogP contribution in [-0.4, -0.2) is 40.3 Å². The van der Waals surface area contributed by atoms with Crippen LogP contribution < -0.4 is 20.1 Å². The van der Waals surface area contributed by atoms with Gasteiger partial charge in [-0.1, -0.05) is 0 Å². The first kappa shape index (κ1) is 26.6. The van der Waals surface area contributed by atoms with Crippen molar-refractivity contribution in [1.29, 1.82) is 0 Å². The number of benzene rings is 2. The predicted molar refractivity (Wildman–Crippen MR) is 146 cm³/mol. The van der Waals surface area contributed by atoms with Crippen LogP contribution in [0.2, 0.25) is 0 Å². The Bertz CT molecular complexity index is 1700. The van der Waals surface area contributed by atoms with E-state index in [4.69, 9.17) is 13.9 Å². The number of carbonyl (C=O) groups is 1. The van der Waals surface area contributed by atoms with E-state index in [1.807, 2.05) is 17.7 Å². The zero-order valence-electron chi connectivity index (χ0n) is 21.7. The molecule has 0 aliphatic heterocycles. The highest BCUT2D eigenvalue weighted by atomic mass is 19.4. The number of hydrogen-bond acceptors (Lipinski definition) is 7. The summed E-state index contributed by atoms with van der Waals surface area (Å²) in [4.78, 5) is 20.6. The van der Waals surface area contributed by atoms with Crippen molar-refractivity contribution in [3.63, 3.8) is 0 Å². The molecule has 0 fully saturated rings. The van der Waals surface area contributed by atoms with Gasteiger partial charge >= 0.3 is 6.18 Å². The van der Waals surface area contributed by atoms with Gasteiger partial charge in [0.25, 0.3) is 5.91 Å². The molecule has 0 aliphatic carbocycles. The number of carbonyl (C=O) groups excluding carboxylic acids is 1. The maximum atomic E-state index is 12.8. The molecule has 0 saturated heterocycles. The highest BCUT2D eigenvalue weighted by Crippen LogP contribution is 2.36. The van der Waals surface area contributed by atoms with Gasteiger partial charge in [-0.25, -0.2) is 4.98 Å². The lowest BCUT2D eigenvalue weighted by atomic mass is 10.1. The number of halogens is 3. The van der Waals surface area contributed by atoms with Crippen LogP contribution in [0.3, 0.4) is 0 Å². The minimum atomic E-state index is -4.48. The maximum absolute atomic E-state index is 12.8. The van der Waals surface area contributed by atoms with Crippen molar-refractivity contribution < 1.29 is 34.7 Å². The average Bonchev–Trinajstić information content (AvgIpc) is 3.49. The van der Waals surface area contributed by atoms with Crippen molar-refractivity contribution in [2.75, 3.05) is 19.0 Å². The second-order valence-corrected chi connectivity index (χ2v) is 8.85. The molecule has 3 heterocycles. The molecule has 3 aromatic heterocycles. The summed E-state index contributed by atoms with van der Waals surface area (Å²) in [5.74, 6) is 2.14. The van der Waals surface area contributed by atoms with Gasteiger partial charge in [-0.2, -0.15) is 13.2 Å². The Balaban J connectivity index is 0.00000242. The Morgan fingerprint density at radius 2 is 1.88 bits per heavy atom. The molecule has 5 rings (SSSR count). The Morgan fingerprint density at radius 3 is 2.60 bits per heavy atom. The Morgan fingerprint density at radius 1 is 1.07 bits per heavy atom. The van der Waals surface area contributed by atoms with Crippen LogP contribution in [0.1, 0.15) is 19.1 Å². The number of fused-ring (bicyclic) bond motifs is 1. The van der Waals surface area contributed by atoms with Crippen molar-refractivity contribution >= 4 is 28.6 Å². The fraction of sp³-hybridized carbons (Fsp3) is 0.179. The van der Waals surface area contributed by atoms with E-state index in [1.54, 1.807) is 49.4 Å². The average molecular weight is 556 g/mol. The third-order valence-electron chi connectivity index (χ3n) is 5.91. The molecule has 40 heavy (non-hydrogen) atoms. The van der Waals surface area contributed by atoms with E-state index in [-0.39, 0.29) is 20.2 Å². The molecule has 0 spiro atoms. The normalized spacial score (nSPS) is 11.4. The molecule has 0 radical (unpaired) electrons. The first-order valence-corrected chi connectivity index (χ1v) is 12.1. The quantitative estimate of drug-likeness (QED) is 0.215. The van der Waals surface area contributed by atoms with E-state index in [9.17, 15) is 18.0 Å². The number of alkyl halides is 3.